The highest BCUT2D eigenvalue weighted by Gasteiger charge is 2.54. The number of ketones is 1. The van der Waals surface area contributed by atoms with Gasteiger partial charge in [-0.2, -0.15) is 0 Å². The summed E-state index contributed by atoms with van der Waals surface area (Å²) in [5, 5.41) is 0. The van der Waals surface area contributed by atoms with Gasteiger partial charge < -0.3 is 14.5 Å². The molecular weight excluding hydrogens is 576 g/mol. The number of amides is 2. The first-order valence-corrected chi connectivity index (χ1v) is 16.8. The molecule has 5 aliphatic rings. The van der Waals surface area contributed by atoms with Crippen molar-refractivity contribution in [3.8, 4) is 0 Å². The molecule has 0 radical (unpaired) electrons. The van der Waals surface area contributed by atoms with Gasteiger partial charge in [0, 0.05) is 18.9 Å². The van der Waals surface area contributed by atoms with Crippen LogP contribution in [0, 0.1) is 23.2 Å². The second kappa shape index (κ2) is 12.5. The summed E-state index contributed by atoms with van der Waals surface area (Å²) in [4.78, 5) is 60.2. The van der Waals surface area contributed by atoms with Gasteiger partial charge in [0.25, 0.3) is 0 Å². The van der Waals surface area contributed by atoms with Gasteiger partial charge in [-0.15, -0.1) is 0 Å². The molecule has 1 aliphatic heterocycles. The van der Waals surface area contributed by atoms with Gasteiger partial charge in [-0.1, -0.05) is 72.8 Å². The van der Waals surface area contributed by atoms with E-state index < -0.39 is 24.0 Å². The first kappa shape index (κ1) is 30.4. The van der Waals surface area contributed by atoms with Crippen molar-refractivity contribution in [2.24, 2.45) is 23.2 Å². The minimum atomic E-state index is -1.22. The van der Waals surface area contributed by atoms with Crippen LogP contribution in [0.5, 0.6) is 0 Å². The number of anilines is 1. The van der Waals surface area contributed by atoms with Crippen molar-refractivity contribution < 1.29 is 23.9 Å². The molecule has 4 saturated carbocycles. The van der Waals surface area contributed by atoms with Crippen LogP contribution in [-0.4, -0.2) is 40.6 Å². The molecule has 2 atom stereocenters. The van der Waals surface area contributed by atoms with Crippen molar-refractivity contribution in [1.29, 1.82) is 0 Å². The molecule has 7 heteroatoms. The zero-order valence-corrected chi connectivity index (χ0v) is 26.5. The monoisotopic (exact) mass is 618 g/mol. The second-order valence-electron chi connectivity index (χ2n) is 14.2. The predicted octanol–water partition coefficient (Wildman–Crippen LogP) is 6.74. The van der Waals surface area contributed by atoms with E-state index in [9.17, 15) is 14.4 Å². The summed E-state index contributed by atoms with van der Waals surface area (Å²) in [6.45, 7) is 1.67. The van der Waals surface area contributed by atoms with Crippen molar-refractivity contribution in [2.45, 2.75) is 83.5 Å². The lowest BCUT2D eigenvalue weighted by molar-refractivity contribution is -0.161. The minimum absolute atomic E-state index is 0.0143. The Morgan fingerprint density at radius 1 is 0.783 bits per heavy atom. The lowest BCUT2D eigenvalue weighted by atomic mass is 9.48. The van der Waals surface area contributed by atoms with E-state index in [1.165, 1.54) is 31.1 Å². The number of benzene rings is 3. The number of nitrogens with zero attached hydrogens (tertiary/aromatic N) is 2. The second-order valence-corrected chi connectivity index (χ2v) is 14.2. The number of esters is 1. The highest BCUT2D eigenvalue weighted by Crippen LogP contribution is 2.62. The summed E-state index contributed by atoms with van der Waals surface area (Å²) in [6.07, 6.45) is 7.14. The summed E-state index contributed by atoms with van der Waals surface area (Å²) in [5.41, 5.74) is 2.53. The third kappa shape index (κ3) is 6.00. The first-order chi connectivity index (χ1) is 22.3. The average molecular weight is 619 g/mol. The van der Waals surface area contributed by atoms with Crippen LogP contribution in [0.25, 0.3) is 0 Å². The number of ether oxygens (including phenoxy) is 1. The van der Waals surface area contributed by atoms with Gasteiger partial charge in [0.2, 0.25) is 11.8 Å². The van der Waals surface area contributed by atoms with E-state index in [2.05, 4.69) is 0 Å². The van der Waals surface area contributed by atoms with E-state index in [0.29, 0.717) is 35.4 Å². The molecule has 4 bridgehead atoms. The molecule has 4 aliphatic carbocycles. The Kier molecular flexibility index (Phi) is 8.26. The lowest BCUT2D eigenvalue weighted by Gasteiger charge is -2.58. The Balaban J connectivity index is 1.32. The Morgan fingerprint density at radius 2 is 1.35 bits per heavy atom. The van der Waals surface area contributed by atoms with Gasteiger partial charge in [-0.05, 0) is 91.4 Å². The van der Waals surface area contributed by atoms with Crippen molar-refractivity contribution >= 4 is 29.3 Å². The Bertz CT molecular complexity index is 1580. The normalized spacial score (nSPS) is 28.7. The number of hydrogen-bond donors (Lipinski definition) is 0. The van der Waals surface area contributed by atoms with Gasteiger partial charge in [0.15, 0.2) is 5.78 Å². The van der Waals surface area contributed by atoms with E-state index in [1.54, 1.807) is 17.0 Å². The number of carbonyl (C=O) groups is 4. The van der Waals surface area contributed by atoms with Crippen LogP contribution in [0.15, 0.2) is 84.9 Å². The van der Waals surface area contributed by atoms with Gasteiger partial charge in [0.05, 0.1) is 12.2 Å². The van der Waals surface area contributed by atoms with E-state index in [1.807, 2.05) is 72.8 Å². The molecule has 0 aromatic heterocycles. The summed E-state index contributed by atoms with van der Waals surface area (Å²) >= 11 is 0. The molecule has 7 nitrogen and oxygen atoms in total. The largest absolute Gasteiger partial charge is 0.459 e. The topological polar surface area (TPSA) is 84.0 Å². The molecule has 0 saturated heterocycles. The Labute approximate surface area is 270 Å². The molecule has 238 valence electrons. The van der Waals surface area contributed by atoms with Gasteiger partial charge >= 0.3 is 5.97 Å². The fourth-order valence-corrected chi connectivity index (χ4v) is 9.49. The summed E-state index contributed by atoms with van der Waals surface area (Å²) in [6, 6.07) is 24.1. The van der Waals surface area contributed by atoms with Crippen molar-refractivity contribution in [1.82, 2.24) is 4.90 Å². The fourth-order valence-electron chi connectivity index (χ4n) is 9.49. The highest BCUT2D eigenvalue weighted by atomic mass is 16.5. The van der Waals surface area contributed by atoms with Crippen LogP contribution in [-0.2, 0) is 32.3 Å². The van der Waals surface area contributed by atoms with Crippen LogP contribution >= 0.6 is 0 Å². The van der Waals surface area contributed by atoms with Crippen LogP contribution in [0.1, 0.15) is 79.8 Å². The number of para-hydroxylation sites is 1. The maximum atomic E-state index is 15.2. The zero-order chi connectivity index (χ0) is 31.8. The summed E-state index contributed by atoms with van der Waals surface area (Å²) < 4.78 is 5.81. The number of rotatable bonds is 7. The van der Waals surface area contributed by atoms with E-state index in [-0.39, 0.29) is 36.7 Å². The van der Waals surface area contributed by atoms with Gasteiger partial charge in [-0.25, -0.2) is 4.79 Å². The predicted molar refractivity (Wildman–Crippen MR) is 175 cm³/mol. The van der Waals surface area contributed by atoms with E-state index in [4.69, 9.17) is 4.74 Å². The average Bonchev–Trinajstić information content (AvgIpc) is 3.08. The molecule has 8 rings (SSSR count). The van der Waals surface area contributed by atoms with Crippen LogP contribution < -0.4 is 4.90 Å². The minimum Gasteiger partial charge on any atom is -0.459 e. The standard InChI is InChI=1S/C39H42N2O5/c1-26(42)41-34(38(45)46-25-28-12-6-3-7-13-28)19-36(43)32-14-8-9-15-33(32)40(24-27-10-4-2-5-11-27)37(44)35(41)23-39-20-29-16-30(21-39)18-31(17-29)22-39/h2-15,29-31,34-35H,16-25H2,1H3. The summed E-state index contributed by atoms with van der Waals surface area (Å²) in [7, 11) is 0. The Morgan fingerprint density at radius 3 is 1.96 bits per heavy atom. The molecule has 46 heavy (non-hydrogen) atoms. The highest BCUT2D eigenvalue weighted by molar-refractivity contribution is 6.10. The number of carbonyl (C=O) groups excluding carboxylic acids is 4. The van der Waals surface area contributed by atoms with Crippen LogP contribution in [0.4, 0.5) is 5.69 Å². The van der Waals surface area contributed by atoms with Gasteiger partial charge in [-0.3, -0.25) is 14.4 Å². The molecule has 2 unspecified atom stereocenters. The molecule has 0 spiro atoms. The Hall–Kier alpha value is -4.26. The molecule has 2 amide bonds. The fraction of sp³-hybridized carbons (Fsp3) is 0.436. The van der Waals surface area contributed by atoms with Crippen LogP contribution in [0.2, 0.25) is 0 Å². The third-order valence-corrected chi connectivity index (χ3v) is 10.9. The molecule has 4 fully saturated rings. The third-order valence-electron chi connectivity index (χ3n) is 10.9. The number of fused-ring (bicyclic) bond motifs is 1. The molecular formula is C39H42N2O5. The number of hydrogen-bond acceptors (Lipinski definition) is 5. The summed E-state index contributed by atoms with van der Waals surface area (Å²) in [5.74, 6) is 0.337. The molecule has 1 heterocycles. The van der Waals surface area contributed by atoms with E-state index in [0.717, 1.165) is 30.4 Å². The van der Waals surface area contributed by atoms with Crippen molar-refractivity contribution in [3.63, 3.8) is 0 Å². The van der Waals surface area contributed by atoms with Crippen molar-refractivity contribution in [3.05, 3.63) is 102 Å². The van der Waals surface area contributed by atoms with Gasteiger partial charge in [0.1, 0.15) is 18.7 Å². The van der Waals surface area contributed by atoms with Crippen molar-refractivity contribution in [2.75, 3.05) is 4.90 Å². The maximum Gasteiger partial charge on any atom is 0.329 e. The maximum absolute atomic E-state index is 15.2. The molecule has 3 aromatic carbocycles. The smallest absolute Gasteiger partial charge is 0.329 e. The molecule has 3 aromatic rings. The zero-order valence-electron chi connectivity index (χ0n) is 26.5. The SMILES string of the molecule is CC(=O)N1C(C(=O)OCc2ccccc2)CC(=O)c2ccccc2N(Cc2ccccc2)C(=O)C1CC12CC3CC(CC(C3)C1)C2. The van der Waals surface area contributed by atoms with Crippen LogP contribution in [0.3, 0.4) is 0 Å². The molecule has 0 N–H and O–H groups in total. The first-order valence-electron chi connectivity index (χ1n) is 16.8. The lowest BCUT2D eigenvalue weighted by Crippen LogP contribution is -2.59. The van der Waals surface area contributed by atoms with E-state index >= 15 is 4.79 Å². The quantitative estimate of drug-likeness (QED) is 0.274. The number of Topliss-reactive ketones (excluding diaryl/α,β-unsaturated/α-hetero) is 1.